The fraction of sp³-hybridized carbons (Fsp3) is 0.292. The molecule has 1 heterocycles. The molecule has 0 bridgehead atoms. The van der Waals surface area contributed by atoms with Crippen molar-refractivity contribution in [3.63, 3.8) is 0 Å². The van der Waals surface area contributed by atoms with Crippen LogP contribution >= 0.6 is 0 Å². The van der Waals surface area contributed by atoms with Crippen molar-refractivity contribution in [1.82, 2.24) is 15.1 Å². The van der Waals surface area contributed by atoms with Crippen LogP contribution in [-0.2, 0) is 13.1 Å². The highest BCUT2D eigenvalue weighted by Gasteiger charge is 2.12. The van der Waals surface area contributed by atoms with E-state index in [-0.39, 0.29) is 5.96 Å². The quantitative estimate of drug-likeness (QED) is 0.395. The van der Waals surface area contributed by atoms with Gasteiger partial charge >= 0.3 is 0 Å². The zero-order valence-corrected chi connectivity index (χ0v) is 19.2. The second-order valence-corrected chi connectivity index (χ2v) is 7.32. The Morgan fingerprint density at radius 2 is 1.85 bits per heavy atom. The van der Waals surface area contributed by atoms with Crippen molar-refractivity contribution in [2.45, 2.75) is 33.4 Å². The molecule has 2 aromatic carbocycles. The first-order chi connectivity index (χ1) is 15.9. The fourth-order valence-corrected chi connectivity index (χ4v) is 3.16. The average molecular weight is 454 g/mol. The van der Waals surface area contributed by atoms with Gasteiger partial charge in [0.25, 0.3) is 5.91 Å². The van der Waals surface area contributed by atoms with E-state index in [1.807, 2.05) is 17.8 Å². The van der Waals surface area contributed by atoms with Gasteiger partial charge in [-0.3, -0.25) is 14.8 Å². The fourth-order valence-electron chi connectivity index (χ4n) is 3.16. The number of aromatic nitrogens is 2. The van der Waals surface area contributed by atoms with Crippen LogP contribution in [0.3, 0.4) is 0 Å². The number of hydrogen-bond donors (Lipinski definition) is 2. The highest BCUT2D eigenvalue weighted by Crippen LogP contribution is 2.29. The molecule has 1 amide bonds. The molecule has 33 heavy (non-hydrogen) atoms. The molecule has 2 N–H and O–H groups in total. The second kappa shape index (κ2) is 11.1. The lowest BCUT2D eigenvalue weighted by atomic mass is 10.2. The van der Waals surface area contributed by atoms with E-state index in [2.05, 4.69) is 27.6 Å². The number of anilines is 1. The minimum absolute atomic E-state index is 0.235. The van der Waals surface area contributed by atoms with Crippen molar-refractivity contribution >= 4 is 17.6 Å². The summed E-state index contributed by atoms with van der Waals surface area (Å²) in [5, 5.41) is 10.4. The SMILES string of the molecule is CCCn1cc(CN=C(NC(=O)c2ccc(F)cc2)Nc2ccc(OC)c(OC)c2)c(C)n1. The van der Waals surface area contributed by atoms with Crippen molar-refractivity contribution in [2.75, 3.05) is 19.5 Å². The van der Waals surface area contributed by atoms with Crippen LogP contribution in [-0.4, -0.2) is 35.9 Å². The Balaban J connectivity index is 1.86. The number of hydrogen-bond acceptors (Lipinski definition) is 5. The van der Waals surface area contributed by atoms with Gasteiger partial charge in [0.2, 0.25) is 5.96 Å². The molecule has 0 radical (unpaired) electrons. The van der Waals surface area contributed by atoms with Gasteiger partial charge in [-0.15, -0.1) is 0 Å². The van der Waals surface area contributed by atoms with Crippen LogP contribution in [0.5, 0.6) is 11.5 Å². The van der Waals surface area contributed by atoms with Crippen LogP contribution in [0.15, 0.2) is 53.7 Å². The molecular weight excluding hydrogens is 425 g/mol. The van der Waals surface area contributed by atoms with E-state index in [0.29, 0.717) is 29.3 Å². The summed E-state index contributed by atoms with van der Waals surface area (Å²) in [4.78, 5) is 17.3. The van der Waals surface area contributed by atoms with Gasteiger partial charge < -0.3 is 14.8 Å². The standard InChI is InChI=1S/C24H28FN5O3/c1-5-12-30-15-18(16(2)29-30)14-26-24(28-23(31)17-6-8-19(25)9-7-17)27-20-10-11-21(32-3)22(13-20)33-4/h6-11,13,15H,5,12,14H2,1-4H3,(H2,26,27,28,31). The molecule has 0 aliphatic heterocycles. The maximum atomic E-state index is 13.2. The zero-order valence-electron chi connectivity index (χ0n) is 19.2. The monoisotopic (exact) mass is 453 g/mol. The van der Waals surface area contributed by atoms with Gasteiger partial charge in [-0.25, -0.2) is 9.38 Å². The minimum atomic E-state index is -0.417. The van der Waals surface area contributed by atoms with Crippen LogP contribution in [0.1, 0.15) is 35.0 Å². The molecule has 0 aliphatic carbocycles. The number of aliphatic imine (C=N–C) groups is 1. The topological polar surface area (TPSA) is 89.8 Å². The third kappa shape index (κ3) is 6.31. The molecule has 0 spiro atoms. The molecule has 0 atom stereocenters. The Labute approximate surface area is 192 Å². The first-order valence-electron chi connectivity index (χ1n) is 10.6. The first kappa shape index (κ1) is 23.8. The first-order valence-corrected chi connectivity index (χ1v) is 10.6. The van der Waals surface area contributed by atoms with Crippen molar-refractivity contribution in [1.29, 1.82) is 0 Å². The molecule has 0 unspecified atom stereocenters. The zero-order chi connectivity index (χ0) is 23.8. The lowest BCUT2D eigenvalue weighted by Crippen LogP contribution is -2.36. The highest BCUT2D eigenvalue weighted by atomic mass is 19.1. The van der Waals surface area contributed by atoms with E-state index in [1.54, 1.807) is 32.4 Å². The van der Waals surface area contributed by atoms with E-state index in [0.717, 1.165) is 24.2 Å². The Morgan fingerprint density at radius 3 is 2.52 bits per heavy atom. The predicted molar refractivity (Wildman–Crippen MR) is 125 cm³/mol. The number of carbonyl (C=O) groups excluding carboxylic acids is 1. The smallest absolute Gasteiger partial charge is 0.257 e. The van der Waals surface area contributed by atoms with Crippen LogP contribution in [0, 0.1) is 12.7 Å². The Hall–Kier alpha value is -3.88. The number of halogens is 1. The van der Waals surface area contributed by atoms with Crippen LogP contribution in [0.25, 0.3) is 0 Å². The lowest BCUT2D eigenvalue weighted by Gasteiger charge is -2.14. The van der Waals surface area contributed by atoms with Gasteiger partial charge in [-0.1, -0.05) is 6.92 Å². The molecule has 1 aromatic heterocycles. The maximum absolute atomic E-state index is 13.2. The Morgan fingerprint density at radius 1 is 1.12 bits per heavy atom. The summed E-state index contributed by atoms with van der Waals surface area (Å²) in [5.41, 5.74) is 2.78. The van der Waals surface area contributed by atoms with Gasteiger partial charge in [0.15, 0.2) is 11.5 Å². The molecule has 0 aliphatic rings. The number of ether oxygens (including phenoxy) is 2. The van der Waals surface area contributed by atoms with Crippen LogP contribution in [0.4, 0.5) is 10.1 Å². The molecule has 0 saturated heterocycles. The molecule has 9 heteroatoms. The number of aryl methyl sites for hydroxylation is 2. The molecule has 3 rings (SSSR count). The molecule has 174 valence electrons. The van der Waals surface area contributed by atoms with E-state index < -0.39 is 11.7 Å². The summed E-state index contributed by atoms with van der Waals surface area (Å²) < 4.78 is 25.8. The highest BCUT2D eigenvalue weighted by molar-refractivity contribution is 6.10. The van der Waals surface area contributed by atoms with E-state index in [9.17, 15) is 9.18 Å². The summed E-state index contributed by atoms with van der Waals surface area (Å²) >= 11 is 0. The van der Waals surface area contributed by atoms with Crippen LogP contribution in [0.2, 0.25) is 0 Å². The number of benzene rings is 2. The normalized spacial score (nSPS) is 11.2. The summed E-state index contributed by atoms with van der Waals surface area (Å²) in [5.74, 6) is 0.516. The Bertz CT molecular complexity index is 1130. The summed E-state index contributed by atoms with van der Waals surface area (Å²) in [6, 6.07) is 10.6. The van der Waals surface area contributed by atoms with E-state index >= 15 is 0 Å². The van der Waals surface area contributed by atoms with E-state index in [1.165, 1.54) is 24.3 Å². The third-order valence-corrected chi connectivity index (χ3v) is 4.89. The molecular formula is C24H28FN5O3. The number of nitrogens with one attached hydrogen (secondary N) is 2. The molecule has 3 aromatic rings. The Kier molecular flexibility index (Phi) is 8.01. The van der Waals surface area contributed by atoms with Crippen molar-refractivity contribution < 1.29 is 18.7 Å². The molecule has 0 fully saturated rings. The van der Waals surface area contributed by atoms with Crippen LogP contribution < -0.4 is 20.1 Å². The summed E-state index contributed by atoms with van der Waals surface area (Å²) in [6.07, 6.45) is 2.93. The van der Waals surface area contributed by atoms with Gasteiger partial charge in [-0.2, -0.15) is 5.10 Å². The molecule has 8 nitrogen and oxygen atoms in total. The number of guanidine groups is 1. The second-order valence-electron chi connectivity index (χ2n) is 7.32. The summed E-state index contributed by atoms with van der Waals surface area (Å²) in [7, 11) is 3.10. The number of rotatable bonds is 8. The maximum Gasteiger partial charge on any atom is 0.257 e. The van der Waals surface area contributed by atoms with Gasteiger partial charge in [0, 0.05) is 35.6 Å². The number of nitrogens with zero attached hydrogens (tertiary/aromatic N) is 3. The van der Waals surface area contributed by atoms with Crippen molar-refractivity contribution in [3.05, 3.63) is 71.3 Å². The predicted octanol–water partition coefficient (Wildman–Crippen LogP) is 4.16. The average Bonchev–Trinajstić information content (AvgIpc) is 3.16. The third-order valence-electron chi connectivity index (χ3n) is 4.89. The van der Waals surface area contributed by atoms with Crippen molar-refractivity contribution in [3.8, 4) is 11.5 Å². The lowest BCUT2D eigenvalue weighted by molar-refractivity contribution is 0.0977. The number of carbonyl (C=O) groups is 1. The molecule has 0 saturated carbocycles. The summed E-state index contributed by atoms with van der Waals surface area (Å²) in [6.45, 7) is 5.15. The van der Waals surface area contributed by atoms with Gasteiger partial charge in [-0.05, 0) is 49.7 Å². The van der Waals surface area contributed by atoms with E-state index in [4.69, 9.17) is 9.47 Å². The van der Waals surface area contributed by atoms with Crippen molar-refractivity contribution in [2.24, 2.45) is 4.99 Å². The largest absolute Gasteiger partial charge is 0.493 e. The van der Waals surface area contributed by atoms with Gasteiger partial charge in [0.1, 0.15) is 5.82 Å². The minimum Gasteiger partial charge on any atom is -0.493 e. The number of methoxy groups -OCH3 is 2. The number of amides is 1. The van der Waals surface area contributed by atoms with Gasteiger partial charge in [0.05, 0.1) is 26.5 Å².